The van der Waals surface area contributed by atoms with Gasteiger partial charge in [-0.2, -0.15) is 0 Å². The van der Waals surface area contributed by atoms with E-state index in [-0.39, 0.29) is 29.4 Å². The lowest BCUT2D eigenvalue weighted by molar-refractivity contribution is -0.132. The van der Waals surface area contributed by atoms with Crippen molar-refractivity contribution >= 4 is 11.7 Å². The molecule has 1 aliphatic carbocycles. The quantitative estimate of drug-likeness (QED) is 0.379. The molecule has 0 unspecified atom stereocenters. The number of nitrogens with one attached hydrogen (secondary N) is 1. The predicted octanol–water partition coefficient (Wildman–Crippen LogP) is 2.50. The summed E-state index contributed by atoms with van der Waals surface area (Å²) in [6.07, 6.45) is 4.09. The van der Waals surface area contributed by atoms with Crippen molar-refractivity contribution in [1.82, 2.24) is 0 Å². The summed E-state index contributed by atoms with van der Waals surface area (Å²) in [4.78, 5) is 10.9. The van der Waals surface area contributed by atoms with Crippen LogP contribution in [0.5, 0.6) is 0 Å². The van der Waals surface area contributed by atoms with Crippen molar-refractivity contribution in [1.29, 1.82) is 5.41 Å². The molecule has 15 heavy (non-hydrogen) atoms. The minimum atomic E-state index is -1.19. The molecule has 4 nitrogen and oxygen atoms in total. The van der Waals surface area contributed by atoms with Crippen LogP contribution < -0.4 is 0 Å². The van der Waals surface area contributed by atoms with E-state index in [1.165, 1.54) is 0 Å². The molecule has 1 rings (SSSR count). The number of aliphatic hydroxyl groups is 1. The van der Waals surface area contributed by atoms with Crippen LogP contribution in [0.1, 0.15) is 39.0 Å². The van der Waals surface area contributed by atoms with Crippen LogP contribution in [0.2, 0.25) is 0 Å². The Hall–Kier alpha value is -1.32. The molecule has 3 N–H and O–H groups in total. The molecule has 1 aliphatic rings. The van der Waals surface area contributed by atoms with Gasteiger partial charge in [0.15, 0.2) is 0 Å². The lowest BCUT2D eigenvalue weighted by atomic mass is 9.94. The fourth-order valence-electron chi connectivity index (χ4n) is 1.99. The molecule has 1 saturated carbocycles. The van der Waals surface area contributed by atoms with E-state index in [0.29, 0.717) is 0 Å². The van der Waals surface area contributed by atoms with Gasteiger partial charge in [-0.3, -0.25) is 0 Å². The number of aliphatic carboxylic acids is 1. The van der Waals surface area contributed by atoms with E-state index in [0.717, 1.165) is 25.7 Å². The summed E-state index contributed by atoms with van der Waals surface area (Å²) < 4.78 is 0. The van der Waals surface area contributed by atoms with E-state index < -0.39 is 5.97 Å². The second-order valence-corrected chi connectivity index (χ2v) is 3.88. The molecular weight excluding hydrogens is 194 g/mol. The van der Waals surface area contributed by atoms with Crippen molar-refractivity contribution in [2.75, 3.05) is 0 Å². The first-order valence-electron chi connectivity index (χ1n) is 5.32. The fourth-order valence-corrected chi connectivity index (χ4v) is 1.99. The van der Waals surface area contributed by atoms with Gasteiger partial charge in [0.1, 0.15) is 11.3 Å². The topological polar surface area (TPSA) is 81.4 Å². The van der Waals surface area contributed by atoms with Gasteiger partial charge in [0.05, 0.1) is 5.71 Å². The van der Waals surface area contributed by atoms with Crippen LogP contribution in [0.3, 0.4) is 0 Å². The molecule has 0 aromatic heterocycles. The zero-order valence-corrected chi connectivity index (χ0v) is 8.92. The molecule has 0 aromatic carbocycles. The molecular formula is C11H17NO3. The highest BCUT2D eigenvalue weighted by Crippen LogP contribution is 2.28. The van der Waals surface area contributed by atoms with Crippen molar-refractivity contribution in [3.8, 4) is 0 Å². The first kappa shape index (κ1) is 11.8. The zero-order chi connectivity index (χ0) is 11.4. The first-order valence-corrected chi connectivity index (χ1v) is 5.32. The van der Waals surface area contributed by atoms with Crippen molar-refractivity contribution < 1.29 is 15.0 Å². The summed E-state index contributed by atoms with van der Waals surface area (Å²) in [6, 6.07) is 0. The number of hydrogen-bond acceptors (Lipinski definition) is 3. The lowest BCUT2D eigenvalue weighted by Crippen LogP contribution is -2.20. The van der Waals surface area contributed by atoms with Crippen LogP contribution in [0, 0.1) is 11.3 Å². The van der Waals surface area contributed by atoms with E-state index in [4.69, 9.17) is 10.5 Å². The molecule has 0 atom stereocenters. The molecule has 0 heterocycles. The third-order valence-electron chi connectivity index (χ3n) is 2.87. The number of carbonyl (C=O) groups is 1. The SMILES string of the molecule is CCC(O)=C(C(=N)C1CCCC1)C(=O)O. The Morgan fingerprint density at radius 2 is 1.87 bits per heavy atom. The Labute approximate surface area is 89.1 Å². The Kier molecular flexibility index (Phi) is 3.88. The molecule has 0 aromatic rings. The van der Waals surface area contributed by atoms with Gasteiger partial charge in [0.2, 0.25) is 0 Å². The van der Waals surface area contributed by atoms with Gasteiger partial charge < -0.3 is 15.6 Å². The molecule has 0 amide bonds. The molecule has 0 radical (unpaired) electrons. The van der Waals surface area contributed by atoms with Gasteiger partial charge in [-0.25, -0.2) is 4.79 Å². The fraction of sp³-hybridized carbons (Fsp3) is 0.636. The van der Waals surface area contributed by atoms with Gasteiger partial charge in [-0.05, 0) is 12.8 Å². The van der Waals surface area contributed by atoms with Crippen molar-refractivity contribution in [3.63, 3.8) is 0 Å². The number of aliphatic hydroxyl groups excluding tert-OH is 1. The van der Waals surface area contributed by atoms with Gasteiger partial charge in [0, 0.05) is 12.3 Å². The smallest absolute Gasteiger partial charge is 0.340 e. The van der Waals surface area contributed by atoms with Gasteiger partial charge in [0.25, 0.3) is 0 Å². The highest BCUT2D eigenvalue weighted by molar-refractivity contribution is 6.19. The molecule has 1 fully saturated rings. The van der Waals surface area contributed by atoms with E-state index in [1.54, 1.807) is 6.92 Å². The standard InChI is InChI=1S/C11H17NO3/c1-2-8(13)9(11(14)15)10(12)7-5-3-4-6-7/h7,12-13H,2-6H2,1H3,(H,14,15). The zero-order valence-electron chi connectivity index (χ0n) is 8.92. The summed E-state index contributed by atoms with van der Waals surface area (Å²) >= 11 is 0. The highest BCUT2D eigenvalue weighted by Gasteiger charge is 2.27. The van der Waals surface area contributed by atoms with Crippen LogP contribution in [0.25, 0.3) is 0 Å². The van der Waals surface area contributed by atoms with Crippen LogP contribution in [-0.4, -0.2) is 21.9 Å². The first-order chi connectivity index (χ1) is 7.07. The largest absolute Gasteiger partial charge is 0.511 e. The second kappa shape index (κ2) is 4.96. The maximum atomic E-state index is 10.9. The second-order valence-electron chi connectivity index (χ2n) is 3.88. The predicted molar refractivity (Wildman–Crippen MR) is 57.3 cm³/mol. The molecule has 0 saturated heterocycles. The van der Waals surface area contributed by atoms with Gasteiger partial charge in [-0.1, -0.05) is 19.8 Å². The van der Waals surface area contributed by atoms with Crippen LogP contribution in [0.4, 0.5) is 0 Å². The Balaban J connectivity index is 2.90. The third-order valence-corrected chi connectivity index (χ3v) is 2.87. The lowest BCUT2D eigenvalue weighted by Gasteiger charge is -2.12. The Morgan fingerprint density at radius 1 is 1.33 bits per heavy atom. The van der Waals surface area contributed by atoms with Crippen molar-refractivity contribution in [3.05, 3.63) is 11.3 Å². The molecule has 0 bridgehead atoms. The monoisotopic (exact) mass is 211 g/mol. The number of carboxylic acids is 1. The summed E-state index contributed by atoms with van der Waals surface area (Å²) in [7, 11) is 0. The van der Waals surface area contributed by atoms with Crippen molar-refractivity contribution in [2.45, 2.75) is 39.0 Å². The number of hydrogen-bond donors (Lipinski definition) is 3. The number of allylic oxidation sites excluding steroid dienone is 1. The van der Waals surface area contributed by atoms with E-state index in [2.05, 4.69) is 0 Å². The van der Waals surface area contributed by atoms with Gasteiger partial charge >= 0.3 is 5.97 Å². The van der Waals surface area contributed by atoms with Crippen molar-refractivity contribution in [2.24, 2.45) is 5.92 Å². The molecule has 0 aliphatic heterocycles. The summed E-state index contributed by atoms with van der Waals surface area (Å²) in [5, 5.41) is 26.2. The maximum absolute atomic E-state index is 10.9. The molecule has 0 spiro atoms. The Morgan fingerprint density at radius 3 is 2.27 bits per heavy atom. The molecule has 4 heteroatoms. The normalized spacial score (nSPS) is 18.7. The third kappa shape index (κ3) is 2.58. The van der Waals surface area contributed by atoms with Crippen LogP contribution in [-0.2, 0) is 4.79 Å². The van der Waals surface area contributed by atoms with E-state index in [1.807, 2.05) is 0 Å². The average Bonchev–Trinajstić information content (AvgIpc) is 2.69. The maximum Gasteiger partial charge on any atom is 0.340 e. The summed E-state index contributed by atoms with van der Waals surface area (Å²) in [5.41, 5.74) is -0.0937. The van der Waals surface area contributed by atoms with Crippen LogP contribution in [0.15, 0.2) is 11.3 Å². The highest BCUT2D eigenvalue weighted by atomic mass is 16.4. The van der Waals surface area contributed by atoms with E-state index >= 15 is 0 Å². The van der Waals surface area contributed by atoms with Crippen LogP contribution >= 0.6 is 0 Å². The minimum absolute atomic E-state index is 0.0183. The van der Waals surface area contributed by atoms with Gasteiger partial charge in [-0.15, -0.1) is 0 Å². The number of rotatable bonds is 4. The molecule has 84 valence electrons. The average molecular weight is 211 g/mol. The minimum Gasteiger partial charge on any atom is -0.511 e. The van der Waals surface area contributed by atoms with E-state index in [9.17, 15) is 9.90 Å². The Bertz CT molecular complexity index is 301. The number of carboxylic acid groups (broad SMARTS) is 1. The summed E-state index contributed by atoms with van der Waals surface area (Å²) in [6.45, 7) is 1.68. The summed E-state index contributed by atoms with van der Waals surface area (Å²) in [5.74, 6) is -1.35.